The zero-order valence-corrected chi connectivity index (χ0v) is 52.6. The second-order valence-electron chi connectivity index (χ2n) is 23.8. The van der Waals surface area contributed by atoms with Crippen molar-refractivity contribution in [2.24, 2.45) is 0 Å². The summed E-state index contributed by atoms with van der Waals surface area (Å²) < 4.78 is 53.2. The van der Waals surface area contributed by atoms with Gasteiger partial charge in [-0.3, -0.25) is 33.0 Å². The Kier molecular flexibility index (Phi) is 18.7. The number of aryl methyl sites for hydroxylation is 1. The largest absolute Gasteiger partial charge is 0.411 e. The number of fused-ring (bicyclic) bond motifs is 1. The lowest BCUT2D eigenvalue weighted by Crippen LogP contribution is -2.67. The first kappa shape index (κ1) is 61.4. The number of H-pyrrole nitrogens is 1. The van der Waals surface area contributed by atoms with E-state index in [0.29, 0.717) is 22.3 Å². The first-order chi connectivity index (χ1) is 39.4. The Hall–Kier alpha value is -6.15. The molecule has 2 saturated heterocycles. The lowest BCUT2D eigenvalue weighted by atomic mass is 10.1. The highest BCUT2D eigenvalue weighted by atomic mass is 32.5. The third kappa shape index (κ3) is 13.7. The number of carbonyl (C=O) groups excluding carboxylic acids is 2. The molecule has 0 bridgehead atoms. The van der Waals surface area contributed by atoms with Crippen LogP contribution in [0.2, 0.25) is 23.2 Å². The highest BCUT2D eigenvalue weighted by Crippen LogP contribution is 2.57. The van der Waals surface area contributed by atoms with E-state index < -0.39 is 82.6 Å². The molecule has 8 atom stereocenters. The molecule has 19 nitrogen and oxygen atoms in total. The first-order valence-electron chi connectivity index (χ1n) is 27.8. The molecule has 3 aromatic heterocycles. The molecule has 0 aliphatic carbocycles. The Bertz CT molecular complexity index is 3510. The number of ether oxygens (including phenoxy) is 2. The topological polar surface area (TPSA) is 212 Å². The lowest BCUT2D eigenvalue weighted by Gasteiger charge is -2.43. The third-order valence-corrected chi connectivity index (χ3v) is 27.8. The summed E-state index contributed by atoms with van der Waals surface area (Å²) in [5, 5.41) is 4.42. The molecular weight excluding hydrogens is 1130 g/mol. The molecule has 9 rings (SSSR count). The number of imidazole rings is 1. The maximum atomic E-state index is 13.5. The molecule has 0 spiro atoms. The predicted octanol–water partition coefficient (Wildman–Crippen LogP) is 9.34. The number of aromatic amines is 1. The quantitative estimate of drug-likeness (QED) is 0.0507. The summed E-state index contributed by atoms with van der Waals surface area (Å²) >= 11 is 6.68. The number of carbonyl (C=O) groups is 2. The number of nitrogens with one attached hydrogen (secondary N) is 2. The van der Waals surface area contributed by atoms with Crippen molar-refractivity contribution >= 4 is 74.3 Å². The molecule has 7 aromatic rings. The van der Waals surface area contributed by atoms with E-state index in [1.807, 2.05) is 72.8 Å². The van der Waals surface area contributed by atoms with Gasteiger partial charge in [-0.1, -0.05) is 151 Å². The summed E-state index contributed by atoms with van der Waals surface area (Å²) in [5.41, 5.74) is 1.12. The van der Waals surface area contributed by atoms with Crippen molar-refractivity contribution in [3.63, 3.8) is 0 Å². The molecule has 0 unspecified atom stereocenters. The van der Waals surface area contributed by atoms with Gasteiger partial charge in [0.1, 0.15) is 37.1 Å². The van der Waals surface area contributed by atoms with Gasteiger partial charge in [-0.05, 0) is 70.0 Å². The van der Waals surface area contributed by atoms with E-state index in [1.165, 1.54) is 24.0 Å². The molecule has 23 heteroatoms. The van der Waals surface area contributed by atoms with Crippen LogP contribution in [0.5, 0.6) is 0 Å². The van der Waals surface area contributed by atoms with Gasteiger partial charge in [0.2, 0.25) is 5.91 Å². The average Bonchev–Trinajstić information content (AvgIpc) is 3.29. The van der Waals surface area contributed by atoms with Gasteiger partial charge in [-0.2, -0.15) is 0 Å². The minimum absolute atomic E-state index is 0.0299. The van der Waals surface area contributed by atoms with Gasteiger partial charge in [-0.15, -0.1) is 0 Å². The number of anilines is 1. The zero-order chi connectivity index (χ0) is 59.5. The Morgan fingerprint density at radius 2 is 1.36 bits per heavy atom. The van der Waals surface area contributed by atoms with Gasteiger partial charge in [0, 0.05) is 44.1 Å². The minimum Gasteiger partial charge on any atom is -0.411 e. The molecule has 0 radical (unpaired) electrons. The molecule has 2 fully saturated rings. The number of hydrogen-bond acceptors (Lipinski definition) is 15. The normalized spacial score (nSPS) is 20.7. The summed E-state index contributed by atoms with van der Waals surface area (Å²) in [6, 6.07) is 38.9. The molecule has 2 N–H and O–H groups in total. The molecule has 2 aliphatic heterocycles. The van der Waals surface area contributed by atoms with Gasteiger partial charge in [0.05, 0.1) is 38.3 Å². The van der Waals surface area contributed by atoms with Crippen molar-refractivity contribution in [1.29, 1.82) is 0 Å². The van der Waals surface area contributed by atoms with Gasteiger partial charge in [-0.25, -0.2) is 19.7 Å². The number of likely N-dealkylation sites (N-methyl/N-ethyl adjacent to an activating group) is 1. The summed E-state index contributed by atoms with van der Waals surface area (Å²) in [4.78, 5) is 70.2. The highest BCUT2D eigenvalue weighted by molar-refractivity contribution is 8.07. The van der Waals surface area contributed by atoms with Crippen molar-refractivity contribution in [3.8, 4) is 0 Å². The fourth-order valence-corrected chi connectivity index (χ4v) is 18.6. The van der Waals surface area contributed by atoms with Crippen LogP contribution in [-0.2, 0) is 48.5 Å². The first-order valence-corrected chi connectivity index (χ1v) is 35.2. The Balaban J connectivity index is 1.13. The van der Waals surface area contributed by atoms with Gasteiger partial charge in [0.15, 0.2) is 25.3 Å². The highest BCUT2D eigenvalue weighted by Gasteiger charge is 2.53. The number of benzene rings is 4. The third-order valence-electron chi connectivity index (χ3n) is 16.0. The van der Waals surface area contributed by atoms with Gasteiger partial charge < -0.3 is 37.6 Å². The molecule has 0 saturated carbocycles. The maximum absolute atomic E-state index is 13.5. The van der Waals surface area contributed by atoms with E-state index >= 15 is 0 Å². The number of aromatic nitrogens is 6. The van der Waals surface area contributed by atoms with Crippen LogP contribution >= 0.6 is 6.72 Å². The SMILES string of the molecule is CC(=O)N(C)C[C@H](O[P@](=S)(OC[C@H]1O[C@@H](n2cc(C)c(=O)[nH]c2=O)C[C@@H]1O[Si](C)(C)C(C)(C)C)O[C@H]1C[C@H](n2cnc3c(NC(=O)c4ccccc4)ncnc32)O[C@@H]1CO[Si](c1ccccc1)(c1ccccc1)C(C)(C)C)c1ccccc1. The van der Waals surface area contributed by atoms with E-state index in [9.17, 15) is 19.2 Å². The van der Waals surface area contributed by atoms with E-state index in [-0.39, 0.29) is 55.3 Å². The van der Waals surface area contributed by atoms with Crippen molar-refractivity contribution in [2.45, 2.75) is 134 Å². The Morgan fingerprint density at radius 3 is 1.95 bits per heavy atom. The van der Waals surface area contributed by atoms with Crippen LogP contribution in [0.25, 0.3) is 11.2 Å². The van der Waals surface area contributed by atoms with Crippen molar-refractivity contribution in [3.05, 3.63) is 178 Å². The average molecular weight is 1200 g/mol. The lowest BCUT2D eigenvalue weighted by molar-refractivity contribution is -0.128. The summed E-state index contributed by atoms with van der Waals surface area (Å²) in [5.74, 6) is -0.343. The van der Waals surface area contributed by atoms with E-state index in [4.69, 9.17) is 48.7 Å². The molecule has 4 aromatic carbocycles. The molecule has 440 valence electrons. The number of nitrogens with zero attached hydrogens (tertiary/aromatic N) is 6. The zero-order valence-electron chi connectivity index (χ0n) is 48.9. The van der Waals surface area contributed by atoms with Crippen LogP contribution in [0.4, 0.5) is 5.82 Å². The fraction of sp³-hybridized carbons (Fsp3) is 0.417. The Labute approximate surface area is 491 Å². The van der Waals surface area contributed by atoms with Crippen LogP contribution in [0.15, 0.2) is 150 Å². The van der Waals surface area contributed by atoms with Crippen LogP contribution in [0, 0.1) is 6.92 Å². The molecule has 2 amide bonds. The van der Waals surface area contributed by atoms with E-state index in [0.717, 1.165) is 15.9 Å². The minimum atomic E-state index is -4.08. The van der Waals surface area contributed by atoms with Crippen molar-refractivity contribution in [1.82, 2.24) is 34.0 Å². The number of rotatable bonds is 21. The molecule has 2 aliphatic rings. The van der Waals surface area contributed by atoms with Crippen molar-refractivity contribution < 1.29 is 41.5 Å². The molecular formula is C60H75N8O11PSSi2. The molecule has 5 heterocycles. The van der Waals surface area contributed by atoms with Crippen LogP contribution in [-0.4, -0.2) is 114 Å². The predicted molar refractivity (Wildman–Crippen MR) is 327 cm³/mol. The van der Waals surface area contributed by atoms with Crippen LogP contribution < -0.4 is 26.9 Å². The fourth-order valence-electron chi connectivity index (χ4n) is 10.3. The van der Waals surface area contributed by atoms with Crippen LogP contribution in [0.1, 0.15) is 101 Å². The second-order valence-corrected chi connectivity index (χ2v) is 35.7. The summed E-state index contributed by atoms with van der Waals surface area (Å²) in [6.07, 6.45) is -0.723. The Morgan fingerprint density at radius 1 is 0.795 bits per heavy atom. The number of hydrogen-bond donors (Lipinski definition) is 2. The van der Waals surface area contributed by atoms with E-state index in [1.54, 1.807) is 54.0 Å². The van der Waals surface area contributed by atoms with Crippen molar-refractivity contribution in [2.75, 3.05) is 32.1 Å². The monoisotopic (exact) mass is 1200 g/mol. The van der Waals surface area contributed by atoms with Gasteiger partial charge >= 0.3 is 12.4 Å². The standard InChI is InChI=1S/C60H75N8O11PSSi2/c1-40-34-67(58(72)65-56(40)70)51-33-47(79-82(10,11)59(3,4)5)49(75-51)36-73-80(81,78-48(35-66(9)41(2)69)42-24-16-12-17-25-42)77-46-32-52(68-39-63-53-54(61-38-62-55(53)68)64-57(71)43-26-18-13-19-27-43)76-50(46)37-74-83(60(6,7)8,44-28-20-14-21-29-44)45-30-22-15-23-31-45/h12-31,34,38-39,46-52H,32-33,35-37H2,1-11H3,(H,65,70,72)(H,61,62,64,71)/t46-,47-,48-,49+,50+,51+,52+,80-/m0/s1. The maximum Gasteiger partial charge on any atom is 0.330 e. The summed E-state index contributed by atoms with van der Waals surface area (Å²) in [7, 11) is -4.04. The summed E-state index contributed by atoms with van der Waals surface area (Å²) in [6.45, 7) is 16.3. The number of amides is 2. The smallest absolute Gasteiger partial charge is 0.330 e. The second kappa shape index (κ2) is 25.2. The molecule has 83 heavy (non-hydrogen) atoms. The van der Waals surface area contributed by atoms with Gasteiger partial charge in [0.25, 0.3) is 19.8 Å². The van der Waals surface area contributed by atoms with Crippen LogP contribution in [0.3, 0.4) is 0 Å². The van der Waals surface area contributed by atoms with E-state index in [2.05, 4.69) is 99.2 Å².